The number of aliphatic hydroxyl groups excluding tert-OH is 1. The molecule has 2 unspecified atom stereocenters. The van der Waals surface area contributed by atoms with E-state index in [2.05, 4.69) is 0 Å². The summed E-state index contributed by atoms with van der Waals surface area (Å²) in [6.07, 6.45) is -0.637. The van der Waals surface area contributed by atoms with Crippen molar-refractivity contribution in [3.05, 3.63) is 65.7 Å². The third kappa shape index (κ3) is 3.13. The summed E-state index contributed by atoms with van der Waals surface area (Å²) in [6, 6.07) is 17.3. The molecule has 2 aromatic carbocycles. The molecule has 2 atom stereocenters. The van der Waals surface area contributed by atoms with E-state index in [0.717, 1.165) is 16.9 Å². The van der Waals surface area contributed by atoms with E-state index in [-0.39, 0.29) is 5.92 Å². The molecule has 2 rings (SSSR count). The Labute approximate surface area is 113 Å². The molecule has 0 aliphatic carbocycles. The average molecular weight is 257 g/mol. The second-order valence-electron chi connectivity index (χ2n) is 4.47. The minimum Gasteiger partial charge on any atom is -0.497 e. The fourth-order valence-corrected chi connectivity index (χ4v) is 2.21. The van der Waals surface area contributed by atoms with Crippen LogP contribution in [0.5, 0.6) is 5.75 Å². The summed E-state index contributed by atoms with van der Waals surface area (Å²) in [4.78, 5) is 0. The van der Waals surface area contributed by atoms with Gasteiger partial charge in [-0.1, -0.05) is 42.5 Å². The predicted octanol–water partition coefficient (Wildman–Crippen LogP) is 2.47. The summed E-state index contributed by atoms with van der Waals surface area (Å²) < 4.78 is 5.18. The van der Waals surface area contributed by atoms with Crippen LogP contribution in [0.2, 0.25) is 0 Å². The van der Waals surface area contributed by atoms with Gasteiger partial charge in [-0.05, 0) is 23.3 Å². The number of hydrogen-bond acceptors (Lipinski definition) is 3. The van der Waals surface area contributed by atoms with E-state index in [1.54, 1.807) is 7.11 Å². The van der Waals surface area contributed by atoms with Crippen LogP contribution in [-0.4, -0.2) is 18.8 Å². The Bertz CT molecular complexity index is 513. The maximum absolute atomic E-state index is 10.5. The quantitative estimate of drug-likeness (QED) is 0.865. The SMILES string of the molecule is COc1cccc(C(O)C(CN)c2ccccc2)c1. The molecule has 0 heterocycles. The fourth-order valence-electron chi connectivity index (χ4n) is 2.21. The van der Waals surface area contributed by atoms with Gasteiger partial charge in [0, 0.05) is 12.5 Å². The first-order chi connectivity index (χ1) is 9.26. The molecule has 0 bridgehead atoms. The van der Waals surface area contributed by atoms with Crippen LogP contribution >= 0.6 is 0 Å². The monoisotopic (exact) mass is 257 g/mol. The molecule has 0 amide bonds. The molecule has 2 aromatic rings. The van der Waals surface area contributed by atoms with E-state index in [1.165, 1.54) is 0 Å². The molecule has 0 radical (unpaired) electrons. The van der Waals surface area contributed by atoms with Gasteiger partial charge in [-0.25, -0.2) is 0 Å². The Hall–Kier alpha value is -1.84. The zero-order chi connectivity index (χ0) is 13.7. The largest absolute Gasteiger partial charge is 0.497 e. The summed E-state index contributed by atoms with van der Waals surface area (Å²) in [5.74, 6) is 0.619. The highest BCUT2D eigenvalue weighted by molar-refractivity contribution is 5.33. The van der Waals surface area contributed by atoms with E-state index >= 15 is 0 Å². The molecule has 3 nitrogen and oxygen atoms in total. The summed E-state index contributed by atoms with van der Waals surface area (Å²) in [7, 11) is 1.61. The molecule has 0 fully saturated rings. The van der Waals surface area contributed by atoms with Gasteiger partial charge in [0.25, 0.3) is 0 Å². The number of ether oxygens (including phenoxy) is 1. The fraction of sp³-hybridized carbons (Fsp3) is 0.250. The Morgan fingerprint density at radius 1 is 1.05 bits per heavy atom. The Morgan fingerprint density at radius 2 is 1.74 bits per heavy atom. The van der Waals surface area contributed by atoms with Crippen molar-refractivity contribution >= 4 is 0 Å². The molecule has 0 saturated heterocycles. The zero-order valence-electron chi connectivity index (χ0n) is 11.0. The zero-order valence-corrected chi connectivity index (χ0v) is 11.0. The molecule has 0 aliphatic heterocycles. The molecule has 3 heteroatoms. The first-order valence-electron chi connectivity index (χ1n) is 6.33. The lowest BCUT2D eigenvalue weighted by Crippen LogP contribution is -2.20. The third-order valence-corrected chi connectivity index (χ3v) is 3.30. The maximum atomic E-state index is 10.5. The number of methoxy groups -OCH3 is 1. The highest BCUT2D eigenvalue weighted by atomic mass is 16.5. The minimum absolute atomic E-state index is 0.117. The molecule has 100 valence electrons. The maximum Gasteiger partial charge on any atom is 0.119 e. The molecule has 0 spiro atoms. The molecule has 0 saturated carbocycles. The Balaban J connectivity index is 2.27. The van der Waals surface area contributed by atoms with Crippen molar-refractivity contribution < 1.29 is 9.84 Å². The van der Waals surface area contributed by atoms with Crippen molar-refractivity contribution in [2.24, 2.45) is 5.73 Å². The lowest BCUT2D eigenvalue weighted by atomic mass is 9.89. The third-order valence-electron chi connectivity index (χ3n) is 3.30. The van der Waals surface area contributed by atoms with Crippen molar-refractivity contribution in [1.29, 1.82) is 0 Å². The van der Waals surface area contributed by atoms with Crippen LogP contribution < -0.4 is 10.5 Å². The minimum atomic E-state index is -0.637. The van der Waals surface area contributed by atoms with Crippen LogP contribution in [0, 0.1) is 0 Å². The number of aliphatic hydroxyl groups is 1. The lowest BCUT2D eigenvalue weighted by molar-refractivity contribution is 0.147. The highest BCUT2D eigenvalue weighted by Crippen LogP contribution is 2.31. The lowest BCUT2D eigenvalue weighted by Gasteiger charge is -2.22. The Morgan fingerprint density at radius 3 is 2.37 bits per heavy atom. The van der Waals surface area contributed by atoms with Crippen molar-refractivity contribution in [2.75, 3.05) is 13.7 Å². The number of benzene rings is 2. The van der Waals surface area contributed by atoms with Crippen molar-refractivity contribution in [1.82, 2.24) is 0 Å². The first kappa shape index (κ1) is 13.6. The van der Waals surface area contributed by atoms with Gasteiger partial charge in [0.1, 0.15) is 5.75 Å². The normalized spacial score (nSPS) is 13.8. The van der Waals surface area contributed by atoms with E-state index in [4.69, 9.17) is 10.5 Å². The van der Waals surface area contributed by atoms with Gasteiger partial charge in [-0.3, -0.25) is 0 Å². The Kier molecular flexibility index (Phi) is 4.55. The van der Waals surface area contributed by atoms with Gasteiger partial charge in [-0.2, -0.15) is 0 Å². The van der Waals surface area contributed by atoms with Crippen LogP contribution in [-0.2, 0) is 0 Å². The summed E-state index contributed by atoms with van der Waals surface area (Å²) >= 11 is 0. The smallest absolute Gasteiger partial charge is 0.119 e. The molecule has 3 N–H and O–H groups in total. The van der Waals surface area contributed by atoms with Gasteiger partial charge in [0.15, 0.2) is 0 Å². The molecular formula is C16H19NO2. The van der Waals surface area contributed by atoms with E-state index in [9.17, 15) is 5.11 Å². The summed E-state index contributed by atoms with van der Waals surface area (Å²) in [6.45, 7) is 0.391. The van der Waals surface area contributed by atoms with Crippen molar-refractivity contribution in [2.45, 2.75) is 12.0 Å². The van der Waals surface area contributed by atoms with Gasteiger partial charge in [0.2, 0.25) is 0 Å². The highest BCUT2D eigenvalue weighted by Gasteiger charge is 2.21. The van der Waals surface area contributed by atoms with Gasteiger partial charge < -0.3 is 15.6 Å². The second kappa shape index (κ2) is 6.36. The predicted molar refractivity (Wildman–Crippen MR) is 76.2 cm³/mol. The van der Waals surface area contributed by atoms with Gasteiger partial charge >= 0.3 is 0 Å². The van der Waals surface area contributed by atoms with E-state index in [1.807, 2.05) is 54.6 Å². The van der Waals surface area contributed by atoms with Gasteiger partial charge in [0.05, 0.1) is 13.2 Å². The van der Waals surface area contributed by atoms with E-state index < -0.39 is 6.10 Å². The second-order valence-corrected chi connectivity index (χ2v) is 4.47. The van der Waals surface area contributed by atoms with Crippen LogP contribution in [0.25, 0.3) is 0 Å². The summed E-state index contributed by atoms with van der Waals surface area (Å²) in [5.41, 5.74) is 7.68. The average Bonchev–Trinajstić information content (AvgIpc) is 2.49. The first-order valence-corrected chi connectivity index (χ1v) is 6.33. The number of hydrogen-bond donors (Lipinski definition) is 2. The van der Waals surface area contributed by atoms with Crippen LogP contribution in [0.4, 0.5) is 0 Å². The van der Waals surface area contributed by atoms with Crippen LogP contribution in [0.1, 0.15) is 23.1 Å². The van der Waals surface area contributed by atoms with Gasteiger partial charge in [-0.15, -0.1) is 0 Å². The number of nitrogens with two attached hydrogens (primary N) is 1. The summed E-state index contributed by atoms with van der Waals surface area (Å²) in [5, 5.41) is 10.5. The van der Waals surface area contributed by atoms with Crippen molar-refractivity contribution in [3.8, 4) is 5.75 Å². The van der Waals surface area contributed by atoms with E-state index in [0.29, 0.717) is 6.54 Å². The standard InChI is InChI=1S/C16H19NO2/c1-19-14-9-5-8-13(10-14)16(18)15(11-17)12-6-3-2-4-7-12/h2-10,15-16,18H,11,17H2,1H3. The van der Waals surface area contributed by atoms with Crippen molar-refractivity contribution in [3.63, 3.8) is 0 Å². The molecular weight excluding hydrogens is 238 g/mol. The number of rotatable bonds is 5. The molecule has 0 aliphatic rings. The van der Waals surface area contributed by atoms with Crippen LogP contribution in [0.15, 0.2) is 54.6 Å². The topological polar surface area (TPSA) is 55.5 Å². The molecule has 0 aromatic heterocycles. The van der Waals surface area contributed by atoms with Crippen LogP contribution in [0.3, 0.4) is 0 Å². The molecule has 19 heavy (non-hydrogen) atoms.